The minimum atomic E-state index is -0.0216. The fraction of sp³-hybridized carbons (Fsp3) is 0.476. The topological polar surface area (TPSA) is 67.7 Å². The van der Waals surface area contributed by atoms with Gasteiger partial charge in [-0.3, -0.25) is 14.5 Å². The predicted octanol–water partition coefficient (Wildman–Crippen LogP) is 2.70. The van der Waals surface area contributed by atoms with Gasteiger partial charge >= 0.3 is 0 Å². The van der Waals surface area contributed by atoms with Gasteiger partial charge in [-0.25, -0.2) is 4.68 Å². The molecule has 1 atom stereocenters. The number of methoxy groups -OCH3 is 1. The molecule has 0 bridgehead atoms. The number of hydrogen-bond acceptors (Lipinski definition) is 4. The number of likely N-dealkylation sites (tertiary alicyclic amines) is 1. The number of ether oxygens (including phenoxy) is 1. The maximum absolute atomic E-state index is 12.9. The summed E-state index contributed by atoms with van der Waals surface area (Å²) in [5, 5.41) is 4.65. The molecule has 0 aliphatic carbocycles. The molecule has 148 valence electrons. The molecule has 1 fully saturated rings. The lowest BCUT2D eigenvalue weighted by molar-refractivity contribution is -0.134. The van der Waals surface area contributed by atoms with E-state index in [1.165, 1.54) is 0 Å². The second kappa shape index (κ2) is 7.66. The molecule has 2 aliphatic heterocycles. The number of amides is 2. The number of rotatable bonds is 4. The first-order chi connectivity index (χ1) is 13.6. The number of fused-ring (bicyclic) bond motifs is 1. The van der Waals surface area contributed by atoms with Gasteiger partial charge in [0, 0.05) is 30.6 Å². The van der Waals surface area contributed by atoms with Crippen LogP contribution in [0.4, 0.5) is 5.82 Å². The van der Waals surface area contributed by atoms with Crippen LogP contribution in [-0.2, 0) is 16.1 Å². The third-order valence-corrected chi connectivity index (χ3v) is 5.68. The number of piperidine rings is 1. The van der Waals surface area contributed by atoms with E-state index in [0.29, 0.717) is 18.8 Å². The summed E-state index contributed by atoms with van der Waals surface area (Å²) in [6.07, 6.45) is 3.58. The molecular formula is C21H26N4O3. The van der Waals surface area contributed by atoms with Crippen molar-refractivity contribution >= 4 is 17.6 Å². The van der Waals surface area contributed by atoms with E-state index in [1.807, 2.05) is 39.9 Å². The van der Waals surface area contributed by atoms with E-state index in [2.05, 4.69) is 12.0 Å². The van der Waals surface area contributed by atoms with Crippen LogP contribution < -0.4 is 9.64 Å². The SMILES string of the molecule is COc1ccc(-c2cc3n(n2)CCC(=O)N3CC(=O)N2CCCC[C@H]2C)cc1. The Hall–Kier alpha value is -2.83. The van der Waals surface area contributed by atoms with E-state index in [9.17, 15) is 9.59 Å². The highest BCUT2D eigenvalue weighted by Gasteiger charge is 2.31. The van der Waals surface area contributed by atoms with Gasteiger partial charge in [-0.2, -0.15) is 5.10 Å². The molecule has 0 radical (unpaired) electrons. The van der Waals surface area contributed by atoms with Gasteiger partial charge < -0.3 is 9.64 Å². The number of anilines is 1. The van der Waals surface area contributed by atoms with Gasteiger partial charge in [0.15, 0.2) is 0 Å². The smallest absolute Gasteiger partial charge is 0.242 e. The quantitative estimate of drug-likeness (QED) is 0.815. The molecular weight excluding hydrogens is 356 g/mol. The molecule has 7 nitrogen and oxygen atoms in total. The van der Waals surface area contributed by atoms with E-state index in [4.69, 9.17) is 4.74 Å². The maximum atomic E-state index is 12.9. The zero-order chi connectivity index (χ0) is 19.7. The van der Waals surface area contributed by atoms with Crippen LogP contribution in [0.1, 0.15) is 32.6 Å². The molecule has 1 aromatic heterocycles. The van der Waals surface area contributed by atoms with E-state index in [0.717, 1.165) is 42.8 Å². The van der Waals surface area contributed by atoms with Crippen molar-refractivity contribution in [1.29, 1.82) is 0 Å². The average molecular weight is 382 g/mol. The molecule has 2 aliphatic rings. The number of nitrogens with zero attached hydrogens (tertiary/aromatic N) is 4. The Morgan fingerprint density at radius 1 is 1.21 bits per heavy atom. The molecule has 0 spiro atoms. The standard InChI is InChI=1S/C21H26N4O3/c1-15-5-3-4-11-23(15)21(27)14-24-19-13-18(22-25(19)12-10-20(24)26)16-6-8-17(28-2)9-7-16/h6-9,13,15H,3-5,10-12,14H2,1-2H3/t15-/m1/s1. The highest BCUT2D eigenvalue weighted by Crippen LogP contribution is 2.29. The van der Waals surface area contributed by atoms with Gasteiger partial charge in [-0.05, 0) is 50.5 Å². The van der Waals surface area contributed by atoms with Gasteiger partial charge in [-0.15, -0.1) is 0 Å². The molecule has 0 N–H and O–H groups in total. The number of aryl methyl sites for hydroxylation is 1. The molecule has 2 aromatic rings. The summed E-state index contributed by atoms with van der Waals surface area (Å²) >= 11 is 0. The third-order valence-electron chi connectivity index (χ3n) is 5.68. The van der Waals surface area contributed by atoms with E-state index < -0.39 is 0 Å². The summed E-state index contributed by atoms with van der Waals surface area (Å²) in [4.78, 5) is 29.0. The van der Waals surface area contributed by atoms with Crippen LogP contribution in [0, 0.1) is 0 Å². The van der Waals surface area contributed by atoms with Crippen LogP contribution in [0.2, 0.25) is 0 Å². The fourth-order valence-electron chi connectivity index (χ4n) is 4.02. The zero-order valence-corrected chi connectivity index (χ0v) is 16.4. The minimum Gasteiger partial charge on any atom is -0.497 e. The normalized spacial score (nSPS) is 19.5. The molecule has 0 unspecified atom stereocenters. The van der Waals surface area contributed by atoms with Crippen LogP contribution in [0.3, 0.4) is 0 Å². The van der Waals surface area contributed by atoms with Gasteiger partial charge in [0.05, 0.1) is 19.3 Å². The minimum absolute atomic E-state index is 0.0150. The molecule has 0 saturated carbocycles. The zero-order valence-electron chi connectivity index (χ0n) is 16.4. The van der Waals surface area contributed by atoms with Crippen molar-refractivity contribution in [3.8, 4) is 17.0 Å². The number of hydrogen-bond donors (Lipinski definition) is 0. The van der Waals surface area contributed by atoms with E-state index >= 15 is 0 Å². The maximum Gasteiger partial charge on any atom is 0.242 e. The Morgan fingerprint density at radius 3 is 2.71 bits per heavy atom. The van der Waals surface area contributed by atoms with Gasteiger partial charge in [-0.1, -0.05) is 0 Å². The lowest BCUT2D eigenvalue weighted by Crippen LogP contribution is -2.49. The van der Waals surface area contributed by atoms with Crippen LogP contribution in [0.25, 0.3) is 11.3 Å². The summed E-state index contributed by atoms with van der Waals surface area (Å²) in [5.74, 6) is 1.47. The third kappa shape index (κ3) is 3.48. The van der Waals surface area contributed by atoms with Gasteiger partial charge in [0.1, 0.15) is 18.1 Å². The Kier molecular flexibility index (Phi) is 5.07. The summed E-state index contributed by atoms with van der Waals surface area (Å²) in [6, 6.07) is 9.79. The Morgan fingerprint density at radius 2 is 2.00 bits per heavy atom. The molecule has 1 aromatic carbocycles. The molecule has 7 heteroatoms. The fourth-order valence-corrected chi connectivity index (χ4v) is 4.02. The highest BCUT2D eigenvalue weighted by atomic mass is 16.5. The lowest BCUT2D eigenvalue weighted by Gasteiger charge is -2.35. The molecule has 4 rings (SSSR count). The Bertz CT molecular complexity index is 874. The van der Waals surface area contributed by atoms with Crippen molar-refractivity contribution in [2.75, 3.05) is 25.1 Å². The second-order valence-corrected chi connectivity index (χ2v) is 7.50. The number of benzene rings is 1. The number of carbonyl (C=O) groups excluding carboxylic acids is 2. The predicted molar refractivity (Wildman–Crippen MR) is 106 cm³/mol. The monoisotopic (exact) mass is 382 g/mol. The van der Waals surface area contributed by atoms with Crippen molar-refractivity contribution in [3.63, 3.8) is 0 Å². The van der Waals surface area contributed by atoms with Crippen LogP contribution >= 0.6 is 0 Å². The van der Waals surface area contributed by atoms with Crippen molar-refractivity contribution < 1.29 is 14.3 Å². The summed E-state index contributed by atoms with van der Waals surface area (Å²) in [5.41, 5.74) is 1.74. The van der Waals surface area contributed by atoms with Crippen LogP contribution in [0.5, 0.6) is 5.75 Å². The number of carbonyl (C=O) groups is 2. The van der Waals surface area contributed by atoms with Crippen molar-refractivity contribution in [3.05, 3.63) is 30.3 Å². The van der Waals surface area contributed by atoms with Crippen LogP contribution in [-0.4, -0.2) is 52.7 Å². The van der Waals surface area contributed by atoms with Gasteiger partial charge in [0.2, 0.25) is 11.8 Å². The van der Waals surface area contributed by atoms with Crippen molar-refractivity contribution in [2.24, 2.45) is 0 Å². The van der Waals surface area contributed by atoms with E-state index in [1.54, 1.807) is 12.0 Å². The van der Waals surface area contributed by atoms with Gasteiger partial charge in [0.25, 0.3) is 0 Å². The molecule has 28 heavy (non-hydrogen) atoms. The Balaban J connectivity index is 1.57. The first-order valence-electron chi connectivity index (χ1n) is 9.89. The first kappa shape index (κ1) is 18.5. The summed E-state index contributed by atoms with van der Waals surface area (Å²) in [6.45, 7) is 3.48. The van der Waals surface area contributed by atoms with Crippen LogP contribution in [0.15, 0.2) is 30.3 Å². The second-order valence-electron chi connectivity index (χ2n) is 7.50. The Labute approximate surface area is 164 Å². The molecule has 1 saturated heterocycles. The van der Waals surface area contributed by atoms with E-state index in [-0.39, 0.29) is 24.4 Å². The average Bonchev–Trinajstić information content (AvgIpc) is 3.15. The van der Waals surface area contributed by atoms with Crippen molar-refractivity contribution in [2.45, 2.75) is 45.2 Å². The molecule has 3 heterocycles. The molecule has 2 amide bonds. The lowest BCUT2D eigenvalue weighted by atomic mass is 10.0. The summed E-state index contributed by atoms with van der Waals surface area (Å²) < 4.78 is 7.03. The largest absolute Gasteiger partial charge is 0.497 e. The summed E-state index contributed by atoms with van der Waals surface area (Å²) in [7, 11) is 1.63. The highest BCUT2D eigenvalue weighted by molar-refractivity contribution is 5.99. The van der Waals surface area contributed by atoms with Crippen molar-refractivity contribution in [1.82, 2.24) is 14.7 Å². The number of aromatic nitrogens is 2. The first-order valence-corrected chi connectivity index (χ1v) is 9.89.